The number of rotatable bonds is 13. The van der Waals surface area contributed by atoms with Crippen molar-refractivity contribution >= 4 is 81.7 Å². The Hall–Kier alpha value is -7.37. The van der Waals surface area contributed by atoms with Gasteiger partial charge in [0.15, 0.2) is 18.0 Å². The van der Waals surface area contributed by atoms with E-state index in [1.165, 1.54) is 14.0 Å². The Morgan fingerprint density at radius 1 is 0.914 bits per heavy atom. The highest BCUT2D eigenvalue weighted by atomic mass is 32.2. The molecule has 1 fully saturated rings. The van der Waals surface area contributed by atoms with Crippen LogP contribution in [-0.2, 0) is 78.6 Å². The van der Waals surface area contributed by atoms with Crippen molar-refractivity contribution in [1.29, 1.82) is 0 Å². The number of primary amides is 1. The molecule has 13 N–H and O–H groups in total. The highest BCUT2D eigenvalue weighted by Gasteiger charge is 2.53. The highest BCUT2D eigenvalue weighted by Crippen LogP contribution is 2.36. The van der Waals surface area contributed by atoms with Gasteiger partial charge in [0.1, 0.15) is 35.2 Å². The molecule has 2 unspecified atom stereocenters. The van der Waals surface area contributed by atoms with Crippen molar-refractivity contribution in [2.75, 3.05) is 39.1 Å². The summed E-state index contributed by atoms with van der Waals surface area (Å²) in [5.74, 6) is -10.8. The van der Waals surface area contributed by atoms with Crippen LogP contribution < -0.4 is 53.0 Å². The number of nitrogens with zero attached hydrogens (tertiary/aromatic N) is 2. The van der Waals surface area contributed by atoms with Crippen LogP contribution in [0, 0.1) is 11.8 Å². The van der Waals surface area contributed by atoms with E-state index in [1.54, 1.807) is 81.7 Å². The lowest BCUT2D eigenvalue weighted by molar-refractivity contribution is -0.147. The number of aldehydes is 1. The standard InChI is InChI=1S/C53H73N11O16S/c1-8-27(2)43-47(74)56-20-41(70)58-37-25-81(78)50-34(33-14-13-32(79-7)15-38(33)63(50)22-30-11-9-29(10-12-30)19-57-51(77)80-52(4,5)6)16-35(45(72)55-21-42(71)61-43)59-48(75)44(28(3)39(68)24-65)62-53(26-66)18-31(67)23-64(53)49(76)36(17-40(54)69)60-46(37)73/h9-15,26-28,31,35-37,39,43-44,62,65,67-68H,8,16-25H2,1-7H3,(H2,54,69)(H,55,72)(H,56,74)(H,57,77)(H,58,70)(H,59,75)(H,60,73)(H,61,71)/t27-,28-,31+,35?,36-,37?,39-,43-,44-,53-,81+/m0/s1. The third kappa shape index (κ3) is 15.6. The summed E-state index contributed by atoms with van der Waals surface area (Å²) in [4.78, 5) is 141. The quantitative estimate of drug-likeness (QED) is 0.0597. The van der Waals surface area contributed by atoms with Gasteiger partial charge < -0.3 is 77.2 Å². The zero-order valence-electron chi connectivity index (χ0n) is 46.1. The molecule has 2 aromatic carbocycles. The van der Waals surface area contributed by atoms with Crippen molar-refractivity contribution in [2.45, 2.75) is 139 Å². The number of amides is 9. The topological polar surface area (TPSA) is 403 Å². The number of aliphatic hydroxyl groups is 3. The zero-order chi connectivity index (χ0) is 59.7. The predicted molar refractivity (Wildman–Crippen MR) is 289 cm³/mol. The summed E-state index contributed by atoms with van der Waals surface area (Å²) < 4.78 is 28.3. The number of nitrogens with two attached hydrogens (primary N) is 1. The van der Waals surface area contributed by atoms with E-state index in [0.717, 1.165) is 4.90 Å². The molecule has 9 amide bonds. The van der Waals surface area contributed by atoms with Gasteiger partial charge in [0.25, 0.3) is 0 Å². The number of alkyl carbamates (subject to hydrolysis) is 1. The zero-order valence-corrected chi connectivity index (χ0v) is 46.9. The molecule has 28 heteroatoms. The van der Waals surface area contributed by atoms with Gasteiger partial charge in [-0.15, -0.1) is 0 Å². The largest absolute Gasteiger partial charge is 0.610 e. The van der Waals surface area contributed by atoms with Crippen LogP contribution in [0.5, 0.6) is 5.75 Å². The first-order valence-corrected chi connectivity index (χ1v) is 27.7. The number of ether oxygens (including phenoxy) is 2. The van der Waals surface area contributed by atoms with E-state index in [9.17, 15) is 58.5 Å². The molecule has 0 spiro atoms. The average Bonchev–Trinajstić information content (AvgIpc) is 4.16. The fourth-order valence-electron chi connectivity index (χ4n) is 9.81. The molecular weight excluding hydrogens is 1080 g/mol. The smallest absolute Gasteiger partial charge is 0.407 e. The number of hydrogen-bond acceptors (Lipinski definition) is 17. The summed E-state index contributed by atoms with van der Waals surface area (Å²) in [5.41, 5.74) is 4.24. The highest BCUT2D eigenvalue weighted by molar-refractivity contribution is 7.91. The number of aliphatic hydroxyl groups excluding tert-OH is 3. The molecule has 1 saturated heterocycles. The first-order valence-electron chi connectivity index (χ1n) is 26.4. The summed E-state index contributed by atoms with van der Waals surface area (Å²) in [5, 5.41) is 53.3. The SMILES string of the molecule is CC[C@H](C)[C@@H]1NC(=O)CNC(=O)C2Cc3c(n(Cc4ccc(CNC(=O)OC(C)(C)C)cc4)c4cc(OC)ccc34)[S@+]([O-])CC(NC(=O)CNC1=O)C(=O)N[C@@H](CC(N)=O)C(=O)N1C[C@H](O)C[C@]1(C=O)N[C@@H]([C@@H](C)[C@@H](O)CO)C(=O)N2. The lowest BCUT2D eigenvalue weighted by atomic mass is 9.92. The van der Waals surface area contributed by atoms with Crippen LogP contribution >= 0.6 is 0 Å². The fraction of sp³-hybridized carbons (Fsp3) is 0.547. The van der Waals surface area contributed by atoms with Crippen molar-refractivity contribution in [2.24, 2.45) is 17.6 Å². The summed E-state index contributed by atoms with van der Waals surface area (Å²) in [6, 6.07) is 2.96. The van der Waals surface area contributed by atoms with Crippen molar-refractivity contribution in [3.05, 3.63) is 59.2 Å². The van der Waals surface area contributed by atoms with E-state index < -0.39 is 181 Å². The third-order valence-corrected chi connectivity index (χ3v) is 15.9. The van der Waals surface area contributed by atoms with Gasteiger partial charge >= 0.3 is 6.09 Å². The molecule has 0 saturated carbocycles. The van der Waals surface area contributed by atoms with Gasteiger partial charge in [0.05, 0.1) is 63.5 Å². The molecule has 442 valence electrons. The number of carbonyl (C=O) groups is 10. The molecule has 11 atom stereocenters. The monoisotopic (exact) mass is 1150 g/mol. The van der Waals surface area contributed by atoms with Crippen LogP contribution in [0.25, 0.3) is 10.9 Å². The molecule has 1 aromatic heterocycles. The number of benzene rings is 2. The fourth-order valence-corrected chi connectivity index (χ4v) is 11.4. The molecule has 3 aliphatic rings. The second kappa shape index (κ2) is 26.9. The predicted octanol–water partition coefficient (Wildman–Crippen LogP) is -3.07. The van der Waals surface area contributed by atoms with Gasteiger partial charge in [-0.1, -0.05) is 51.5 Å². The van der Waals surface area contributed by atoms with Gasteiger partial charge in [-0.25, -0.2) is 4.79 Å². The van der Waals surface area contributed by atoms with E-state index >= 15 is 9.35 Å². The second-order valence-electron chi connectivity index (χ2n) is 21.5. The van der Waals surface area contributed by atoms with Crippen LogP contribution in [0.4, 0.5) is 4.79 Å². The normalized spacial score (nSPS) is 25.8. The Morgan fingerprint density at radius 3 is 2.19 bits per heavy atom. The minimum Gasteiger partial charge on any atom is -0.610 e. The van der Waals surface area contributed by atoms with Crippen LogP contribution in [0.1, 0.15) is 77.5 Å². The second-order valence-corrected chi connectivity index (χ2v) is 22.9. The van der Waals surface area contributed by atoms with Gasteiger partial charge in [0.2, 0.25) is 52.3 Å². The minimum atomic E-state index is -2.49. The Balaban J connectivity index is 1.62. The average molecular weight is 1150 g/mol. The Kier molecular flexibility index (Phi) is 20.9. The van der Waals surface area contributed by atoms with E-state index in [2.05, 4.69) is 42.5 Å². The number of aromatic nitrogens is 1. The molecule has 0 radical (unpaired) electrons. The maximum atomic E-state index is 15.7. The van der Waals surface area contributed by atoms with E-state index in [1.807, 2.05) is 0 Å². The first kappa shape index (κ1) is 62.8. The van der Waals surface area contributed by atoms with E-state index in [-0.39, 0.29) is 30.0 Å². The van der Waals surface area contributed by atoms with Crippen LogP contribution in [0.3, 0.4) is 0 Å². The van der Waals surface area contributed by atoms with Crippen molar-refractivity contribution < 1.29 is 77.3 Å². The molecule has 0 aliphatic carbocycles. The minimum absolute atomic E-state index is 0.0704. The van der Waals surface area contributed by atoms with Crippen molar-refractivity contribution in [3.8, 4) is 5.75 Å². The molecule has 81 heavy (non-hydrogen) atoms. The van der Waals surface area contributed by atoms with Gasteiger partial charge in [-0.05, 0) is 49.9 Å². The summed E-state index contributed by atoms with van der Waals surface area (Å²) in [6.45, 7) is 6.71. The maximum Gasteiger partial charge on any atom is 0.407 e. The number of fused-ring (bicyclic) bond motifs is 5. The van der Waals surface area contributed by atoms with E-state index in [0.29, 0.717) is 34.2 Å². The maximum absolute atomic E-state index is 15.7. The Bertz CT molecular complexity index is 2860. The summed E-state index contributed by atoms with van der Waals surface area (Å²) in [7, 11) is 1.41. The number of nitrogens with one attached hydrogen (secondary N) is 8. The molecule has 2 bridgehead atoms. The Morgan fingerprint density at radius 2 is 1.57 bits per heavy atom. The number of methoxy groups -OCH3 is 1. The summed E-state index contributed by atoms with van der Waals surface area (Å²) in [6.07, 6.45) is -5.42. The molecule has 6 rings (SSSR count). The Labute approximate surface area is 470 Å². The molecule has 3 aromatic rings. The number of carbonyl (C=O) groups excluding carboxylic acids is 10. The summed E-state index contributed by atoms with van der Waals surface area (Å²) >= 11 is -2.49. The van der Waals surface area contributed by atoms with Crippen LogP contribution in [-0.4, -0.2) is 182 Å². The van der Waals surface area contributed by atoms with Crippen molar-refractivity contribution in [3.63, 3.8) is 0 Å². The van der Waals surface area contributed by atoms with Crippen LogP contribution in [0.15, 0.2) is 47.5 Å². The first-order chi connectivity index (χ1) is 38.2. The van der Waals surface area contributed by atoms with Gasteiger partial charge in [0, 0.05) is 60.0 Å². The molecular formula is C53H73N11O16S. The van der Waals surface area contributed by atoms with Gasteiger partial charge in [-0.3, -0.25) is 53.0 Å². The van der Waals surface area contributed by atoms with E-state index in [4.69, 9.17) is 15.2 Å². The van der Waals surface area contributed by atoms with Crippen molar-refractivity contribution in [1.82, 2.24) is 52.0 Å². The molecule has 4 heterocycles. The van der Waals surface area contributed by atoms with Gasteiger partial charge in [-0.2, -0.15) is 0 Å². The van der Waals surface area contributed by atoms with Crippen LogP contribution in [0.2, 0.25) is 0 Å². The molecule has 3 aliphatic heterocycles. The lowest BCUT2D eigenvalue weighted by Crippen LogP contribution is -2.69. The number of hydrogen-bond donors (Lipinski definition) is 12. The molecule has 27 nitrogen and oxygen atoms in total. The third-order valence-electron chi connectivity index (χ3n) is 14.3. The lowest BCUT2D eigenvalue weighted by Gasteiger charge is -2.40.